The molecule has 0 bridgehead atoms. The van der Waals surface area contributed by atoms with Crippen LogP contribution < -0.4 is 10.6 Å². The molecule has 2 rings (SSSR count). The van der Waals surface area contributed by atoms with Gasteiger partial charge in [0, 0.05) is 24.7 Å². The van der Waals surface area contributed by atoms with Crippen LogP contribution in [0.3, 0.4) is 0 Å². The van der Waals surface area contributed by atoms with Gasteiger partial charge in [-0.05, 0) is 30.7 Å². The first-order valence-corrected chi connectivity index (χ1v) is 7.59. The number of hydrogen-bond acceptors (Lipinski definition) is 4. The molecule has 1 aromatic rings. The van der Waals surface area contributed by atoms with E-state index < -0.39 is 20.5 Å². The summed E-state index contributed by atoms with van der Waals surface area (Å²) in [6, 6.07) is 5.21. The molecule has 1 aliphatic rings. The lowest BCUT2D eigenvalue weighted by atomic mass is 10.1. The summed E-state index contributed by atoms with van der Waals surface area (Å²) < 4.78 is 47.2. The lowest BCUT2D eigenvalue weighted by Gasteiger charge is -2.24. The van der Waals surface area contributed by atoms with Crippen molar-refractivity contribution < 1.29 is 22.0 Å². The Hall–Kier alpha value is -1.70. The van der Waals surface area contributed by atoms with Crippen molar-refractivity contribution >= 4 is 21.4 Å². The van der Waals surface area contributed by atoms with Gasteiger partial charge in [-0.3, -0.25) is 4.79 Å². The first kappa shape index (κ1) is 14.7. The molecule has 1 atom stereocenters. The molecule has 0 saturated carbocycles. The molecule has 0 aromatic heterocycles. The first-order valence-electron chi connectivity index (χ1n) is 6.05. The molecule has 1 aromatic carbocycles. The second-order valence-corrected chi connectivity index (χ2v) is 6.43. The Morgan fingerprint density at radius 2 is 1.90 bits per heavy atom. The van der Waals surface area contributed by atoms with E-state index in [0.717, 1.165) is 12.1 Å². The average molecular weight is 304 g/mol. The number of amides is 1. The summed E-state index contributed by atoms with van der Waals surface area (Å²) in [5.74, 6) is -3.42. The molecular weight excluding hydrogens is 290 g/mol. The standard InChI is InChI=1S/C12H14F2N2O3S/c13-12(14)20(18,19)10-4-1-8(2-5-10)16-9-3-6-11(17)15-7-9/h1-2,4-5,9,12,16H,3,6-7H2,(H,15,17). The number of alkyl halides is 2. The monoisotopic (exact) mass is 304 g/mol. The van der Waals surface area contributed by atoms with Gasteiger partial charge < -0.3 is 10.6 Å². The molecule has 0 aliphatic carbocycles. The normalized spacial score (nSPS) is 19.8. The van der Waals surface area contributed by atoms with Gasteiger partial charge in [0.1, 0.15) is 0 Å². The van der Waals surface area contributed by atoms with Crippen LogP contribution in [0.1, 0.15) is 12.8 Å². The molecule has 1 amide bonds. The lowest BCUT2D eigenvalue weighted by molar-refractivity contribution is -0.122. The number of benzene rings is 1. The van der Waals surface area contributed by atoms with E-state index in [9.17, 15) is 22.0 Å². The highest BCUT2D eigenvalue weighted by molar-refractivity contribution is 7.91. The molecule has 2 N–H and O–H groups in total. The smallest absolute Gasteiger partial charge is 0.341 e. The van der Waals surface area contributed by atoms with Crippen LogP contribution in [0.4, 0.5) is 14.5 Å². The molecule has 0 spiro atoms. The van der Waals surface area contributed by atoms with E-state index in [1.54, 1.807) is 0 Å². The van der Waals surface area contributed by atoms with E-state index in [2.05, 4.69) is 10.6 Å². The van der Waals surface area contributed by atoms with Gasteiger partial charge in [0.2, 0.25) is 15.7 Å². The number of piperidine rings is 1. The third-order valence-electron chi connectivity index (χ3n) is 3.05. The Bertz CT molecular complexity index is 577. The highest BCUT2D eigenvalue weighted by atomic mass is 32.2. The van der Waals surface area contributed by atoms with Gasteiger partial charge >= 0.3 is 5.76 Å². The predicted molar refractivity (Wildman–Crippen MR) is 69.3 cm³/mol. The molecule has 5 nitrogen and oxygen atoms in total. The summed E-state index contributed by atoms with van der Waals surface area (Å²) in [4.78, 5) is 10.6. The average Bonchev–Trinajstić information content (AvgIpc) is 2.42. The molecule has 1 heterocycles. The number of rotatable bonds is 4. The minimum atomic E-state index is -4.55. The zero-order valence-corrected chi connectivity index (χ0v) is 11.3. The summed E-state index contributed by atoms with van der Waals surface area (Å²) in [6.45, 7) is 0.482. The van der Waals surface area contributed by atoms with Crippen LogP contribution in [0.5, 0.6) is 0 Å². The van der Waals surface area contributed by atoms with Crippen molar-refractivity contribution in [2.24, 2.45) is 0 Å². The fourth-order valence-corrected chi connectivity index (χ4v) is 2.66. The van der Waals surface area contributed by atoms with E-state index in [-0.39, 0.29) is 11.9 Å². The number of halogens is 2. The number of sulfone groups is 1. The Balaban J connectivity index is 2.04. The molecule has 110 valence electrons. The predicted octanol–water partition coefficient (Wildman–Crippen LogP) is 1.37. The van der Waals surface area contributed by atoms with Crippen molar-refractivity contribution in [2.45, 2.75) is 29.5 Å². The van der Waals surface area contributed by atoms with Crippen molar-refractivity contribution in [3.63, 3.8) is 0 Å². The minimum Gasteiger partial charge on any atom is -0.381 e. The maximum Gasteiger partial charge on any atom is 0.341 e. The van der Waals surface area contributed by atoms with Crippen molar-refractivity contribution in [1.82, 2.24) is 5.32 Å². The second-order valence-electron chi connectivity index (χ2n) is 4.51. The molecule has 1 unspecified atom stereocenters. The van der Waals surface area contributed by atoms with Crippen LogP contribution in [-0.2, 0) is 14.6 Å². The van der Waals surface area contributed by atoms with E-state index in [1.165, 1.54) is 12.1 Å². The SMILES string of the molecule is O=C1CCC(Nc2ccc(S(=O)(=O)C(F)F)cc2)CN1. The fourth-order valence-electron chi connectivity index (χ4n) is 1.94. The van der Waals surface area contributed by atoms with Crippen LogP contribution in [0, 0.1) is 0 Å². The molecule has 1 saturated heterocycles. The van der Waals surface area contributed by atoms with Gasteiger partial charge in [-0.15, -0.1) is 0 Å². The van der Waals surface area contributed by atoms with Crippen LogP contribution in [0.15, 0.2) is 29.2 Å². The van der Waals surface area contributed by atoms with Crippen molar-refractivity contribution in [3.05, 3.63) is 24.3 Å². The molecule has 0 radical (unpaired) electrons. The van der Waals surface area contributed by atoms with Crippen molar-refractivity contribution in [1.29, 1.82) is 0 Å². The van der Waals surface area contributed by atoms with E-state index in [4.69, 9.17) is 0 Å². The maximum absolute atomic E-state index is 12.4. The number of anilines is 1. The van der Waals surface area contributed by atoms with Crippen molar-refractivity contribution in [2.75, 3.05) is 11.9 Å². The van der Waals surface area contributed by atoms with Gasteiger partial charge in [0.15, 0.2) is 0 Å². The minimum absolute atomic E-state index is 0.00132. The Morgan fingerprint density at radius 1 is 1.25 bits per heavy atom. The summed E-state index contributed by atoms with van der Waals surface area (Å²) in [5.41, 5.74) is 0.624. The largest absolute Gasteiger partial charge is 0.381 e. The van der Waals surface area contributed by atoms with Gasteiger partial charge in [0.25, 0.3) is 0 Å². The van der Waals surface area contributed by atoms with Gasteiger partial charge in [-0.2, -0.15) is 8.78 Å². The third-order valence-corrected chi connectivity index (χ3v) is 4.45. The number of nitrogens with one attached hydrogen (secondary N) is 2. The number of carbonyl (C=O) groups excluding carboxylic acids is 1. The third kappa shape index (κ3) is 3.24. The number of hydrogen-bond donors (Lipinski definition) is 2. The van der Waals surface area contributed by atoms with Crippen LogP contribution in [-0.4, -0.2) is 32.7 Å². The number of carbonyl (C=O) groups is 1. The van der Waals surface area contributed by atoms with Crippen LogP contribution in [0.25, 0.3) is 0 Å². The Morgan fingerprint density at radius 3 is 2.40 bits per heavy atom. The van der Waals surface area contributed by atoms with Crippen LogP contribution in [0.2, 0.25) is 0 Å². The van der Waals surface area contributed by atoms with E-state index >= 15 is 0 Å². The zero-order chi connectivity index (χ0) is 14.8. The first-order chi connectivity index (χ1) is 9.39. The highest BCUT2D eigenvalue weighted by Gasteiger charge is 2.26. The molecule has 20 heavy (non-hydrogen) atoms. The Kier molecular flexibility index (Phi) is 4.22. The summed E-state index contributed by atoms with van der Waals surface area (Å²) in [5, 5.41) is 5.82. The molecule has 8 heteroatoms. The highest BCUT2D eigenvalue weighted by Crippen LogP contribution is 2.21. The fraction of sp³-hybridized carbons (Fsp3) is 0.417. The van der Waals surface area contributed by atoms with E-state index in [1.807, 2.05) is 0 Å². The zero-order valence-electron chi connectivity index (χ0n) is 10.5. The molecule has 1 fully saturated rings. The molecule has 1 aliphatic heterocycles. The second kappa shape index (κ2) is 5.74. The van der Waals surface area contributed by atoms with E-state index in [0.29, 0.717) is 25.1 Å². The topological polar surface area (TPSA) is 75.3 Å². The van der Waals surface area contributed by atoms with Crippen molar-refractivity contribution in [3.8, 4) is 0 Å². The lowest BCUT2D eigenvalue weighted by Crippen LogP contribution is -2.41. The summed E-state index contributed by atoms with van der Waals surface area (Å²) >= 11 is 0. The summed E-state index contributed by atoms with van der Waals surface area (Å²) in [6.07, 6.45) is 1.10. The quantitative estimate of drug-likeness (QED) is 0.881. The van der Waals surface area contributed by atoms with Gasteiger partial charge in [-0.1, -0.05) is 0 Å². The maximum atomic E-state index is 12.4. The van der Waals surface area contributed by atoms with Gasteiger partial charge in [0.05, 0.1) is 4.90 Å². The van der Waals surface area contributed by atoms with Crippen LogP contribution >= 0.6 is 0 Å². The van der Waals surface area contributed by atoms with Gasteiger partial charge in [-0.25, -0.2) is 8.42 Å². The Labute approximate surface area is 115 Å². The summed E-state index contributed by atoms with van der Waals surface area (Å²) in [7, 11) is -4.55. The molecular formula is C12H14F2N2O3S.